The second-order valence-electron chi connectivity index (χ2n) is 7.08. The zero-order valence-corrected chi connectivity index (χ0v) is 17.7. The van der Waals surface area contributed by atoms with Gasteiger partial charge in [-0.1, -0.05) is 88.0 Å². The Morgan fingerprint density at radius 3 is 2.00 bits per heavy atom. The van der Waals surface area contributed by atoms with E-state index < -0.39 is 0 Å². The Morgan fingerprint density at radius 1 is 0.846 bits per heavy atom. The smallest absolute Gasteiger partial charge is 0.137 e. The van der Waals surface area contributed by atoms with Gasteiger partial charge in [0, 0.05) is 5.56 Å². The Balaban J connectivity index is 0.000000260. The minimum atomic E-state index is -0.0189. The van der Waals surface area contributed by atoms with Crippen LogP contribution < -0.4 is 0 Å². The largest absolute Gasteiger partial charge is 0.506 e. The molecule has 0 saturated heterocycles. The summed E-state index contributed by atoms with van der Waals surface area (Å²) in [6.45, 7) is 8.45. The third-order valence-corrected chi connectivity index (χ3v) is 5.33. The van der Waals surface area contributed by atoms with Crippen molar-refractivity contribution in [2.24, 2.45) is 0 Å². The Kier molecular flexibility index (Phi) is 9.32. The van der Waals surface area contributed by atoms with Crippen LogP contribution in [0.3, 0.4) is 0 Å². The standard InChI is InChI=1S/2C11H15ClO/c1-4-11(2,3)8-6-5-7-9(12)10(8)13;1-2-3-4-6-9-7-5-8-10(12)11(9)13/h5-7,13H,4H2,1-3H3;5,7-8,13H,2-4,6H2,1H3. The summed E-state index contributed by atoms with van der Waals surface area (Å²) < 4.78 is 0. The number of unbranched alkanes of at least 4 members (excludes halogenated alkanes) is 2. The second kappa shape index (κ2) is 10.7. The summed E-state index contributed by atoms with van der Waals surface area (Å²) in [5.74, 6) is 0.469. The van der Waals surface area contributed by atoms with Gasteiger partial charge in [-0.25, -0.2) is 0 Å². The van der Waals surface area contributed by atoms with Crippen molar-refractivity contribution in [3.05, 3.63) is 57.6 Å². The molecule has 0 spiro atoms. The molecule has 26 heavy (non-hydrogen) atoms. The zero-order chi connectivity index (χ0) is 19.7. The van der Waals surface area contributed by atoms with E-state index in [1.54, 1.807) is 12.1 Å². The van der Waals surface area contributed by atoms with Crippen LogP contribution in [0.25, 0.3) is 0 Å². The summed E-state index contributed by atoms with van der Waals surface area (Å²) in [4.78, 5) is 0. The Hall–Kier alpha value is -1.38. The molecule has 0 saturated carbocycles. The normalized spacial score (nSPS) is 11.0. The van der Waals surface area contributed by atoms with E-state index in [2.05, 4.69) is 27.7 Å². The predicted molar refractivity (Wildman–Crippen MR) is 113 cm³/mol. The van der Waals surface area contributed by atoms with Gasteiger partial charge in [-0.2, -0.15) is 0 Å². The van der Waals surface area contributed by atoms with Crippen molar-refractivity contribution in [2.45, 2.75) is 65.2 Å². The first-order valence-corrected chi connectivity index (χ1v) is 9.94. The van der Waals surface area contributed by atoms with E-state index in [1.807, 2.05) is 24.3 Å². The van der Waals surface area contributed by atoms with Crippen LogP contribution in [0.1, 0.15) is 64.5 Å². The molecular weight excluding hydrogens is 367 g/mol. The molecular formula is C22H30Cl2O2. The summed E-state index contributed by atoms with van der Waals surface area (Å²) in [5.41, 5.74) is 1.86. The number of aryl methyl sites for hydroxylation is 1. The highest BCUT2D eigenvalue weighted by Crippen LogP contribution is 2.37. The number of aromatic hydroxyl groups is 2. The molecule has 0 aliphatic carbocycles. The van der Waals surface area contributed by atoms with E-state index in [1.165, 1.54) is 12.8 Å². The van der Waals surface area contributed by atoms with Crippen LogP contribution in [-0.4, -0.2) is 10.2 Å². The van der Waals surface area contributed by atoms with Crippen molar-refractivity contribution < 1.29 is 10.2 Å². The topological polar surface area (TPSA) is 40.5 Å². The van der Waals surface area contributed by atoms with Gasteiger partial charge in [-0.15, -0.1) is 0 Å². The molecule has 0 atom stereocenters. The molecule has 2 N–H and O–H groups in total. The highest BCUT2D eigenvalue weighted by atomic mass is 35.5. The van der Waals surface area contributed by atoms with Gasteiger partial charge in [0.1, 0.15) is 11.5 Å². The Bertz CT molecular complexity index is 697. The maximum atomic E-state index is 9.73. The van der Waals surface area contributed by atoms with Crippen LogP contribution >= 0.6 is 23.2 Å². The quantitative estimate of drug-likeness (QED) is 0.495. The lowest BCUT2D eigenvalue weighted by Crippen LogP contribution is -2.15. The first-order chi connectivity index (χ1) is 12.2. The molecule has 2 nitrogen and oxygen atoms in total. The predicted octanol–water partition coefficient (Wildman–Crippen LogP) is 7.51. The van der Waals surface area contributed by atoms with E-state index in [4.69, 9.17) is 23.2 Å². The average Bonchev–Trinajstić information content (AvgIpc) is 2.61. The summed E-state index contributed by atoms with van der Waals surface area (Å²) in [5, 5.41) is 20.2. The van der Waals surface area contributed by atoms with Gasteiger partial charge in [-0.3, -0.25) is 0 Å². The van der Waals surface area contributed by atoms with Gasteiger partial charge < -0.3 is 10.2 Å². The number of halogens is 2. The van der Waals surface area contributed by atoms with Gasteiger partial charge in [0.15, 0.2) is 0 Å². The summed E-state index contributed by atoms with van der Waals surface area (Å²) in [6, 6.07) is 11.0. The average molecular weight is 397 g/mol. The van der Waals surface area contributed by atoms with Crippen molar-refractivity contribution in [3.63, 3.8) is 0 Å². The minimum Gasteiger partial charge on any atom is -0.506 e. The maximum absolute atomic E-state index is 9.73. The highest BCUT2D eigenvalue weighted by molar-refractivity contribution is 6.32. The number of phenols is 2. The number of hydrogen-bond donors (Lipinski definition) is 2. The first kappa shape index (κ1) is 22.7. The van der Waals surface area contributed by atoms with E-state index in [0.717, 1.165) is 30.4 Å². The van der Waals surface area contributed by atoms with Crippen molar-refractivity contribution in [2.75, 3.05) is 0 Å². The number of para-hydroxylation sites is 2. The number of phenolic OH excluding ortho intramolecular Hbond substituents is 2. The van der Waals surface area contributed by atoms with Gasteiger partial charge in [0.2, 0.25) is 0 Å². The zero-order valence-electron chi connectivity index (χ0n) is 16.1. The van der Waals surface area contributed by atoms with E-state index in [9.17, 15) is 10.2 Å². The third-order valence-electron chi connectivity index (χ3n) is 4.72. The number of rotatable bonds is 6. The molecule has 0 bridgehead atoms. The SMILES string of the molecule is CCC(C)(C)c1cccc(Cl)c1O.CCCCCc1cccc(Cl)c1O. The first-order valence-electron chi connectivity index (χ1n) is 9.18. The molecule has 0 unspecified atom stereocenters. The lowest BCUT2D eigenvalue weighted by molar-refractivity contribution is 0.429. The fourth-order valence-corrected chi connectivity index (χ4v) is 2.95. The molecule has 2 aromatic carbocycles. The Labute approximate surface area is 167 Å². The fourth-order valence-electron chi connectivity index (χ4n) is 2.58. The van der Waals surface area contributed by atoms with Crippen LogP contribution in [0.2, 0.25) is 10.0 Å². The minimum absolute atomic E-state index is 0.0189. The van der Waals surface area contributed by atoms with Crippen molar-refractivity contribution in [3.8, 4) is 11.5 Å². The van der Waals surface area contributed by atoms with Crippen LogP contribution in [0.5, 0.6) is 11.5 Å². The van der Waals surface area contributed by atoms with Gasteiger partial charge in [0.05, 0.1) is 10.0 Å². The van der Waals surface area contributed by atoms with Gasteiger partial charge >= 0.3 is 0 Å². The van der Waals surface area contributed by atoms with Crippen molar-refractivity contribution >= 4 is 23.2 Å². The number of benzene rings is 2. The summed E-state index contributed by atoms with van der Waals surface area (Å²) >= 11 is 11.6. The lowest BCUT2D eigenvalue weighted by Gasteiger charge is -2.24. The molecule has 0 aliphatic heterocycles. The van der Waals surface area contributed by atoms with E-state index in [0.29, 0.717) is 10.0 Å². The molecule has 2 rings (SSSR count). The summed E-state index contributed by atoms with van der Waals surface area (Å²) in [6.07, 6.45) is 5.40. The molecule has 0 heterocycles. The molecule has 2 aromatic rings. The second-order valence-corrected chi connectivity index (χ2v) is 7.89. The van der Waals surface area contributed by atoms with Gasteiger partial charge in [0.25, 0.3) is 0 Å². The molecule has 4 heteroatoms. The molecule has 0 amide bonds. The summed E-state index contributed by atoms with van der Waals surface area (Å²) in [7, 11) is 0. The molecule has 0 fully saturated rings. The maximum Gasteiger partial charge on any atom is 0.137 e. The Morgan fingerprint density at radius 2 is 1.42 bits per heavy atom. The number of hydrogen-bond acceptors (Lipinski definition) is 2. The highest BCUT2D eigenvalue weighted by Gasteiger charge is 2.22. The van der Waals surface area contributed by atoms with Gasteiger partial charge in [-0.05, 0) is 42.4 Å². The molecule has 0 radical (unpaired) electrons. The van der Waals surface area contributed by atoms with Crippen LogP contribution in [-0.2, 0) is 11.8 Å². The molecule has 0 aliphatic rings. The van der Waals surface area contributed by atoms with Crippen LogP contribution in [0.15, 0.2) is 36.4 Å². The lowest BCUT2D eigenvalue weighted by atomic mass is 9.82. The van der Waals surface area contributed by atoms with E-state index in [-0.39, 0.29) is 16.9 Å². The molecule has 0 aromatic heterocycles. The van der Waals surface area contributed by atoms with Crippen molar-refractivity contribution in [1.29, 1.82) is 0 Å². The van der Waals surface area contributed by atoms with E-state index >= 15 is 0 Å². The fraction of sp³-hybridized carbons (Fsp3) is 0.455. The monoisotopic (exact) mass is 396 g/mol. The third kappa shape index (κ3) is 6.41. The van der Waals surface area contributed by atoms with Crippen molar-refractivity contribution in [1.82, 2.24) is 0 Å². The van der Waals surface area contributed by atoms with Crippen LogP contribution in [0.4, 0.5) is 0 Å². The molecule has 144 valence electrons. The van der Waals surface area contributed by atoms with Crippen LogP contribution in [0, 0.1) is 0 Å².